The molecule has 4 aromatic rings. The van der Waals surface area contributed by atoms with Crippen molar-refractivity contribution >= 4 is 27.5 Å². The second kappa shape index (κ2) is 9.87. The summed E-state index contributed by atoms with van der Waals surface area (Å²) in [5.74, 6) is 1.53. The van der Waals surface area contributed by atoms with E-state index in [1.54, 1.807) is 48.2 Å². The van der Waals surface area contributed by atoms with Crippen molar-refractivity contribution in [1.29, 1.82) is 0 Å². The van der Waals surface area contributed by atoms with Crippen LogP contribution in [0.25, 0.3) is 11.4 Å². The molecule has 35 heavy (non-hydrogen) atoms. The molecule has 0 amide bonds. The Bertz CT molecular complexity index is 1400. The van der Waals surface area contributed by atoms with Crippen LogP contribution in [0.3, 0.4) is 0 Å². The first-order chi connectivity index (χ1) is 16.5. The minimum Gasteiger partial charge on any atom is -0.305 e. The monoisotopic (exact) mass is 506 g/mol. The van der Waals surface area contributed by atoms with Crippen LogP contribution in [0.1, 0.15) is 37.5 Å². The predicted molar refractivity (Wildman–Crippen MR) is 143 cm³/mol. The van der Waals surface area contributed by atoms with Gasteiger partial charge in [-0.3, -0.25) is 4.72 Å². The zero-order chi connectivity index (χ0) is 25.2. The molecule has 6 nitrogen and oxygen atoms in total. The van der Waals surface area contributed by atoms with Gasteiger partial charge in [-0.15, -0.1) is 10.2 Å². The first kappa shape index (κ1) is 25.0. The Kier molecular flexibility index (Phi) is 7.05. The number of nitrogens with zero attached hydrogens (tertiary/aromatic N) is 3. The van der Waals surface area contributed by atoms with Gasteiger partial charge in [0.1, 0.15) is 0 Å². The number of aryl methyl sites for hydroxylation is 1. The van der Waals surface area contributed by atoms with E-state index in [1.807, 2.05) is 30.7 Å². The van der Waals surface area contributed by atoms with Crippen LogP contribution in [0.4, 0.5) is 5.69 Å². The third-order valence-electron chi connectivity index (χ3n) is 5.75. The summed E-state index contributed by atoms with van der Waals surface area (Å²) in [6.07, 6.45) is 0. The van der Waals surface area contributed by atoms with E-state index in [4.69, 9.17) is 0 Å². The molecule has 0 spiro atoms. The summed E-state index contributed by atoms with van der Waals surface area (Å²) in [5.41, 5.74) is 5.05. The number of nitrogens with one attached hydrogen (secondary N) is 1. The van der Waals surface area contributed by atoms with Gasteiger partial charge in [-0.25, -0.2) is 8.42 Å². The molecule has 0 aliphatic rings. The molecule has 0 fully saturated rings. The second-order valence-electron chi connectivity index (χ2n) is 9.60. The average Bonchev–Trinajstić information content (AvgIpc) is 3.18. The fourth-order valence-electron chi connectivity index (χ4n) is 3.56. The van der Waals surface area contributed by atoms with Crippen molar-refractivity contribution in [1.82, 2.24) is 14.8 Å². The molecule has 182 valence electrons. The maximum absolute atomic E-state index is 12.6. The molecule has 1 N–H and O–H groups in total. The standard InChI is InChI=1S/C27H30N4O2S2/c1-19-6-16-24(17-7-19)35(32,33)30-23-14-10-21(11-15-23)25-28-29-26(31(25)5)34-18-20-8-12-22(13-9-20)27(2,3)4/h6-17,30H,18H2,1-5H3. The molecular weight excluding hydrogens is 476 g/mol. The molecule has 8 heteroatoms. The van der Waals surface area contributed by atoms with E-state index in [2.05, 4.69) is 60.0 Å². The summed E-state index contributed by atoms with van der Waals surface area (Å²) in [5, 5.41) is 9.54. The lowest BCUT2D eigenvalue weighted by Gasteiger charge is -2.19. The van der Waals surface area contributed by atoms with Crippen molar-refractivity contribution in [3.63, 3.8) is 0 Å². The summed E-state index contributed by atoms with van der Waals surface area (Å²) < 4.78 is 29.9. The largest absolute Gasteiger partial charge is 0.305 e. The van der Waals surface area contributed by atoms with E-state index >= 15 is 0 Å². The Hall–Kier alpha value is -3.10. The molecule has 1 heterocycles. The molecule has 0 saturated heterocycles. The lowest BCUT2D eigenvalue weighted by molar-refractivity contribution is 0.590. The van der Waals surface area contributed by atoms with Crippen molar-refractivity contribution in [2.45, 2.75) is 48.9 Å². The van der Waals surface area contributed by atoms with Gasteiger partial charge < -0.3 is 4.57 Å². The van der Waals surface area contributed by atoms with Crippen LogP contribution in [0, 0.1) is 6.92 Å². The molecule has 0 atom stereocenters. The number of anilines is 1. The lowest BCUT2D eigenvalue weighted by atomic mass is 9.87. The lowest BCUT2D eigenvalue weighted by Crippen LogP contribution is -2.12. The minimum atomic E-state index is -3.64. The predicted octanol–water partition coefficient (Wildman–Crippen LogP) is 6.18. The number of hydrogen-bond acceptors (Lipinski definition) is 5. The van der Waals surface area contributed by atoms with Crippen LogP contribution >= 0.6 is 11.8 Å². The number of aromatic nitrogens is 3. The van der Waals surface area contributed by atoms with E-state index in [9.17, 15) is 8.42 Å². The molecule has 0 radical (unpaired) electrons. The van der Waals surface area contributed by atoms with Gasteiger partial charge in [-0.1, -0.05) is 74.5 Å². The van der Waals surface area contributed by atoms with E-state index in [0.29, 0.717) is 5.69 Å². The van der Waals surface area contributed by atoms with Gasteiger partial charge in [0.05, 0.1) is 4.90 Å². The Morgan fingerprint density at radius 3 is 2.11 bits per heavy atom. The molecule has 0 saturated carbocycles. The minimum absolute atomic E-state index is 0.139. The molecule has 4 rings (SSSR count). The summed E-state index contributed by atoms with van der Waals surface area (Å²) in [6, 6.07) is 22.6. The van der Waals surface area contributed by atoms with E-state index < -0.39 is 10.0 Å². The molecule has 0 bridgehead atoms. The molecule has 0 aliphatic heterocycles. The van der Waals surface area contributed by atoms with Gasteiger partial charge in [-0.05, 0) is 59.9 Å². The van der Waals surface area contributed by atoms with Crippen molar-refractivity contribution in [3.8, 4) is 11.4 Å². The topological polar surface area (TPSA) is 76.9 Å². The van der Waals surface area contributed by atoms with Gasteiger partial charge >= 0.3 is 0 Å². The van der Waals surface area contributed by atoms with E-state index in [-0.39, 0.29) is 10.3 Å². The van der Waals surface area contributed by atoms with E-state index in [0.717, 1.165) is 27.9 Å². The van der Waals surface area contributed by atoms with Crippen LogP contribution < -0.4 is 4.72 Å². The third-order valence-corrected chi connectivity index (χ3v) is 8.24. The van der Waals surface area contributed by atoms with Crippen molar-refractivity contribution in [2.75, 3.05) is 4.72 Å². The Morgan fingerprint density at radius 1 is 0.886 bits per heavy atom. The highest BCUT2D eigenvalue weighted by Gasteiger charge is 2.16. The molecule has 1 aromatic heterocycles. The smallest absolute Gasteiger partial charge is 0.261 e. The SMILES string of the molecule is Cc1ccc(S(=O)(=O)Nc2ccc(-c3nnc(SCc4ccc(C(C)(C)C)cc4)n3C)cc2)cc1. The Labute approximate surface area is 211 Å². The Morgan fingerprint density at radius 2 is 1.51 bits per heavy atom. The number of benzene rings is 3. The number of rotatable bonds is 7. The molecular formula is C27H30N4O2S2. The van der Waals surface area contributed by atoms with Gasteiger partial charge in [-0.2, -0.15) is 0 Å². The Balaban J connectivity index is 1.43. The van der Waals surface area contributed by atoms with Crippen molar-refractivity contribution in [2.24, 2.45) is 7.05 Å². The summed E-state index contributed by atoms with van der Waals surface area (Å²) >= 11 is 1.64. The van der Waals surface area contributed by atoms with Gasteiger partial charge in [0, 0.05) is 24.1 Å². The van der Waals surface area contributed by atoms with E-state index in [1.165, 1.54) is 11.1 Å². The fraction of sp³-hybridized carbons (Fsp3) is 0.259. The number of sulfonamides is 1. The first-order valence-corrected chi connectivity index (χ1v) is 13.8. The molecule has 0 unspecified atom stereocenters. The van der Waals surface area contributed by atoms with Crippen molar-refractivity contribution < 1.29 is 8.42 Å². The van der Waals surface area contributed by atoms with Crippen LogP contribution in [0.5, 0.6) is 0 Å². The maximum Gasteiger partial charge on any atom is 0.261 e. The van der Waals surface area contributed by atoms with Crippen LogP contribution in [-0.2, 0) is 28.2 Å². The fourth-order valence-corrected chi connectivity index (χ4v) is 5.49. The normalized spacial score (nSPS) is 12.0. The zero-order valence-corrected chi connectivity index (χ0v) is 22.2. The number of hydrogen-bond donors (Lipinski definition) is 1. The summed E-state index contributed by atoms with van der Waals surface area (Å²) in [7, 11) is -1.70. The third kappa shape index (κ3) is 5.94. The summed E-state index contributed by atoms with van der Waals surface area (Å²) in [6.45, 7) is 8.55. The maximum atomic E-state index is 12.6. The zero-order valence-electron chi connectivity index (χ0n) is 20.6. The van der Waals surface area contributed by atoms with Gasteiger partial charge in [0.15, 0.2) is 11.0 Å². The van der Waals surface area contributed by atoms with Gasteiger partial charge in [0.2, 0.25) is 0 Å². The highest BCUT2D eigenvalue weighted by molar-refractivity contribution is 7.98. The first-order valence-electron chi connectivity index (χ1n) is 11.3. The molecule has 3 aromatic carbocycles. The second-order valence-corrected chi connectivity index (χ2v) is 12.2. The van der Waals surface area contributed by atoms with Crippen LogP contribution in [0.2, 0.25) is 0 Å². The average molecular weight is 507 g/mol. The van der Waals surface area contributed by atoms with Crippen LogP contribution in [-0.4, -0.2) is 23.2 Å². The van der Waals surface area contributed by atoms with Gasteiger partial charge in [0.25, 0.3) is 10.0 Å². The van der Waals surface area contributed by atoms with Crippen LogP contribution in [0.15, 0.2) is 82.8 Å². The quantitative estimate of drug-likeness (QED) is 0.303. The van der Waals surface area contributed by atoms with Crippen molar-refractivity contribution in [3.05, 3.63) is 89.5 Å². The number of thioether (sulfide) groups is 1. The highest BCUT2D eigenvalue weighted by atomic mass is 32.2. The summed E-state index contributed by atoms with van der Waals surface area (Å²) in [4.78, 5) is 0.232. The highest BCUT2D eigenvalue weighted by Crippen LogP contribution is 2.28. The molecule has 0 aliphatic carbocycles.